The Hall–Kier alpha value is -3.13. The normalized spacial score (nSPS) is 24.4. The van der Waals surface area contributed by atoms with Crippen LogP contribution in [-0.2, 0) is 25.5 Å². The first-order valence-corrected chi connectivity index (χ1v) is 11.9. The molecule has 8 nitrogen and oxygen atoms in total. The van der Waals surface area contributed by atoms with Crippen molar-refractivity contribution in [1.82, 2.24) is 9.88 Å². The summed E-state index contributed by atoms with van der Waals surface area (Å²) in [7, 11) is 2.24. The Balaban J connectivity index is 0.000000297. The van der Waals surface area contributed by atoms with E-state index in [9.17, 15) is 14.4 Å². The number of carbonyl (C=O) groups excluding carboxylic acids is 1. The van der Waals surface area contributed by atoms with Crippen LogP contribution >= 0.6 is 0 Å². The molecule has 5 rings (SSSR count). The van der Waals surface area contributed by atoms with E-state index in [0.717, 1.165) is 32.2 Å². The van der Waals surface area contributed by atoms with Crippen LogP contribution in [0.25, 0.3) is 10.9 Å². The average molecular weight is 469 g/mol. The number of hydrogen-bond acceptors (Lipinski definition) is 5. The molecule has 2 heterocycles. The van der Waals surface area contributed by atoms with E-state index in [1.807, 2.05) is 0 Å². The highest BCUT2D eigenvalue weighted by molar-refractivity contribution is 5.89. The van der Waals surface area contributed by atoms with Crippen molar-refractivity contribution in [3.8, 4) is 0 Å². The number of esters is 1. The predicted octanol–water partition coefficient (Wildman–Crippen LogP) is 3.57. The summed E-state index contributed by atoms with van der Waals surface area (Å²) in [5.74, 6) is -1.33. The maximum absolute atomic E-state index is 12.3. The van der Waals surface area contributed by atoms with Gasteiger partial charge in [-0.2, -0.15) is 0 Å². The first kappa shape index (κ1) is 24.0. The van der Waals surface area contributed by atoms with Gasteiger partial charge in [-0.15, -0.1) is 0 Å². The van der Waals surface area contributed by atoms with Gasteiger partial charge in [0.15, 0.2) is 0 Å². The van der Waals surface area contributed by atoms with Crippen LogP contribution in [0.1, 0.15) is 49.1 Å². The van der Waals surface area contributed by atoms with Crippen molar-refractivity contribution in [2.45, 2.75) is 50.5 Å². The second-order valence-electron chi connectivity index (χ2n) is 9.62. The number of hydrogen-bond donors (Lipinski definition) is 3. The van der Waals surface area contributed by atoms with Crippen LogP contribution in [0.15, 0.2) is 36.5 Å². The van der Waals surface area contributed by atoms with Gasteiger partial charge in [0.25, 0.3) is 0 Å². The van der Waals surface area contributed by atoms with Crippen LogP contribution in [0.4, 0.5) is 0 Å². The lowest BCUT2D eigenvalue weighted by Crippen LogP contribution is -2.48. The molecule has 2 aliphatic carbocycles. The molecule has 3 aliphatic rings. The lowest BCUT2D eigenvalue weighted by molar-refractivity contribution is -0.150. The number of aromatic nitrogens is 1. The van der Waals surface area contributed by atoms with E-state index < -0.39 is 11.9 Å². The second-order valence-corrected chi connectivity index (χ2v) is 9.62. The molecule has 1 aliphatic heterocycles. The third kappa shape index (κ3) is 5.33. The van der Waals surface area contributed by atoms with Crippen LogP contribution in [0.5, 0.6) is 0 Å². The molecule has 0 unspecified atom stereocenters. The molecule has 0 spiro atoms. The van der Waals surface area contributed by atoms with Gasteiger partial charge in [-0.3, -0.25) is 4.79 Å². The maximum Gasteiger partial charge on any atom is 0.328 e. The summed E-state index contributed by atoms with van der Waals surface area (Å²) < 4.78 is 5.75. The number of carboxylic acid groups (broad SMARTS) is 2. The Morgan fingerprint density at radius 3 is 2.53 bits per heavy atom. The molecule has 0 radical (unpaired) electrons. The summed E-state index contributed by atoms with van der Waals surface area (Å²) in [5, 5.41) is 17.1. The highest BCUT2D eigenvalue weighted by Crippen LogP contribution is 2.44. The van der Waals surface area contributed by atoms with Crippen molar-refractivity contribution in [3.05, 3.63) is 47.7 Å². The fourth-order valence-electron chi connectivity index (χ4n) is 5.80. The number of piperidine rings is 1. The molecule has 1 aromatic carbocycles. The van der Waals surface area contributed by atoms with E-state index in [4.69, 9.17) is 14.9 Å². The molecule has 2 aromatic rings. The van der Waals surface area contributed by atoms with E-state index in [2.05, 4.69) is 41.3 Å². The van der Waals surface area contributed by atoms with Gasteiger partial charge in [-0.1, -0.05) is 25.0 Å². The van der Waals surface area contributed by atoms with Gasteiger partial charge in [0.1, 0.15) is 0 Å². The van der Waals surface area contributed by atoms with Gasteiger partial charge >= 0.3 is 17.9 Å². The minimum absolute atomic E-state index is 0.0472. The van der Waals surface area contributed by atoms with E-state index in [1.54, 1.807) is 0 Å². The number of rotatable bonds is 5. The number of ether oxygens (including phenoxy) is 1. The highest BCUT2D eigenvalue weighted by Gasteiger charge is 2.39. The lowest BCUT2D eigenvalue weighted by Gasteiger charge is -2.45. The van der Waals surface area contributed by atoms with E-state index in [-0.39, 0.29) is 11.9 Å². The Morgan fingerprint density at radius 2 is 1.85 bits per heavy atom. The van der Waals surface area contributed by atoms with Gasteiger partial charge in [-0.05, 0) is 49.9 Å². The zero-order valence-corrected chi connectivity index (χ0v) is 19.4. The number of carboxylic acids is 2. The molecule has 3 atom stereocenters. The van der Waals surface area contributed by atoms with Crippen molar-refractivity contribution in [1.29, 1.82) is 0 Å². The number of likely N-dealkylation sites (N-methyl/N-ethyl adjacent to an activating group) is 1. The van der Waals surface area contributed by atoms with Crippen LogP contribution in [0.2, 0.25) is 0 Å². The quantitative estimate of drug-likeness (QED) is 0.453. The van der Waals surface area contributed by atoms with Crippen molar-refractivity contribution < 1.29 is 29.3 Å². The Bertz CT molecular complexity index is 1070. The van der Waals surface area contributed by atoms with Crippen molar-refractivity contribution in [3.63, 3.8) is 0 Å². The molecule has 2 fully saturated rings. The molecule has 1 saturated heterocycles. The summed E-state index contributed by atoms with van der Waals surface area (Å²) >= 11 is 0. The van der Waals surface area contributed by atoms with Crippen LogP contribution < -0.4 is 0 Å². The molecular formula is C26H32N2O6. The largest absolute Gasteiger partial charge is 0.478 e. The van der Waals surface area contributed by atoms with Crippen LogP contribution in [-0.4, -0.2) is 64.2 Å². The average Bonchev–Trinajstić information content (AvgIpc) is 3.49. The SMILES string of the molecule is CN1C[C@H](COC(=O)C2CCCC2)C[C@@H]2c3cccc4[nH]cc(c34)C[C@H]21.O=C(O)/C=C\C(=O)O. The molecule has 1 aromatic heterocycles. The molecule has 0 bridgehead atoms. The van der Waals surface area contributed by atoms with Gasteiger partial charge in [0.05, 0.1) is 12.5 Å². The van der Waals surface area contributed by atoms with Crippen molar-refractivity contribution in [2.24, 2.45) is 11.8 Å². The number of carbonyl (C=O) groups is 3. The topological polar surface area (TPSA) is 120 Å². The minimum atomic E-state index is -1.26. The number of nitrogens with one attached hydrogen (secondary N) is 1. The van der Waals surface area contributed by atoms with Gasteiger partial charge in [0.2, 0.25) is 0 Å². The zero-order chi connectivity index (χ0) is 24.2. The summed E-state index contributed by atoms with van der Waals surface area (Å²) in [4.78, 5) is 37.3. The molecule has 0 amide bonds. The number of nitrogens with zero attached hydrogens (tertiary/aromatic N) is 1. The van der Waals surface area contributed by atoms with E-state index in [1.165, 1.54) is 34.9 Å². The molecule has 3 N–H and O–H groups in total. The number of aliphatic carboxylic acids is 2. The van der Waals surface area contributed by atoms with Crippen molar-refractivity contribution in [2.75, 3.05) is 20.2 Å². The first-order chi connectivity index (χ1) is 16.3. The van der Waals surface area contributed by atoms with Gasteiger partial charge in [-0.25, -0.2) is 9.59 Å². The minimum Gasteiger partial charge on any atom is -0.478 e. The monoisotopic (exact) mass is 468 g/mol. The number of benzene rings is 1. The molecular weight excluding hydrogens is 436 g/mol. The highest BCUT2D eigenvalue weighted by atomic mass is 16.5. The fraction of sp³-hybridized carbons (Fsp3) is 0.500. The molecule has 34 heavy (non-hydrogen) atoms. The number of fused-ring (bicyclic) bond motifs is 2. The number of likely N-dealkylation sites (tertiary alicyclic amines) is 1. The second kappa shape index (κ2) is 10.4. The Labute approximate surface area is 198 Å². The molecule has 8 heteroatoms. The predicted molar refractivity (Wildman–Crippen MR) is 127 cm³/mol. The van der Waals surface area contributed by atoms with E-state index >= 15 is 0 Å². The number of H-pyrrole nitrogens is 1. The van der Waals surface area contributed by atoms with E-state index in [0.29, 0.717) is 36.6 Å². The van der Waals surface area contributed by atoms with Crippen LogP contribution in [0.3, 0.4) is 0 Å². The fourth-order valence-corrected chi connectivity index (χ4v) is 5.80. The Kier molecular flexibility index (Phi) is 7.36. The summed E-state index contributed by atoms with van der Waals surface area (Å²) in [6.45, 7) is 1.60. The summed E-state index contributed by atoms with van der Waals surface area (Å²) in [6, 6.07) is 7.21. The molecule has 182 valence electrons. The third-order valence-electron chi connectivity index (χ3n) is 7.33. The first-order valence-electron chi connectivity index (χ1n) is 11.9. The standard InChI is InChI=1S/C22H28N2O2.C4H4O4/c1-24-12-14(13-26-22(25)15-5-2-3-6-15)9-18-17-7-4-8-19-21(17)16(11-23-19)10-20(18)24;5-3(6)1-2-4(7)8/h4,7-8,11,14-15,18,20,23H,2-3,5-6,9-10,12-13H2,1H3;1-2H,(H,5,6)(H,7,8)/b;2-1-/t14-,18-,20-;/m1./s1. The molecule has 1 saturated carbocycles. The van der Waals surface area contributed by atoms with Crippen molar-refractivity contribution >= 4 is 28.8 Å². The van der Waals surface area contributed by atoms with Gasteiger partial charge < -0.3 is 24.8 Å². The summed E-state index contributed by atoms with van der Waals surface area (Å²) in [5.41, 5.74) is 4.19. The van der Waals surface area contributed by atoms with Gasteiger partial charge in [0, 0.05) is 53.7 Å². The zero-order valence-electron chi connectivity index (χ0n) is 19.4. The number of aromatic amines is 1. The smallest absolute Gasteiger partial charge is 0.328 e. The lowest BCUT2D eigenvalue weighted by atomic mass is 9.72. The van der Waals surface area contributed by atoms with Crippen LogP contribution in [0, 0.1) is 11.8 Å². The maximum atomic E-state index is 12.3. The Morgan fingerprint density at radius 1 is 1.15 bits per heavy atom. The third-order valence-corrected chi connectivity index (χ3v) is 7.33. The summed E-state index contributed by atoms with van der Waals surface area (Å²) in [6.07, 6.45) is 9.94.